The van der Waals surface area contributed by atoms with E-state index in [1.165, 1.54) is 0 Å². The van der Waals surface area contributed by atoms with Crippen molar-refractivity contribution in [2.45, 2.75) is 53.5 Å². The Labute approximate surface area is 106 Å². The number of carbonyl (C=O) groups excluding carboxylic acids is 1. The van der Waals surface area contributed by atoms with E-state index in [0.717, 1.165) is 19.5 Å². The van der Waals surface area contributed by atoms with Gasteiger partial charge in [-0.1, -0.05) is 34.6 Å². The van der Waals surface area contributed by atoms with E-state index in [1.54, 1.807) is 0 Å². The zero-order valence-electron chi connectivity index (χ0n) is 12.0. The molecule has 17 heavy (non-hydrogen) atoms. The Morgan fingerprint density at radius 2 is 2.00 bits per heavy atom. The van der Waals surface area contributed by atoms with Crippen molar-refractivity contribution in [2.75, 3.05) is 13.1 Å². The summed E-state index contributed by atoms with van der Waals surface area (Å²) in [4.78, 5) is 14.1. The van der Waals surface area contributed by atoms with Crippen molar-refractivity contribution in [3.63, 3.8) is 0 Å². The average Bonchev–Trinajstić information content (AvgIpc) is 2.64. The minimum Gasteiger partial charge on any atom is -0.342 e. The van der Waals surface area contributed by atoms with Gasteiger partial charge in [0, 0.05) is 25.6 Å². The summed E-state index contributed by atoms with van der Waals surface area (Å²) in [5.74, 6) is 1.57. The zero-order valence-corrected chi connectivity index (χ0v) is 12.0. The molecular weight excluding hydrogens is 212 g/mol. The molecule has 0 aromatic carbocycles. The normalized spacial score (nSPS) is 23.2. The second-order valence-corrected chi connectivity index (χ2v) is 6.81. The first-order chi connectivity index (χ1) is 7.71. The molecule has 0 radical (unpaired) electrons. The molecule has 2 atom stereocenters. The first-order valence-corrected chi connectivity index (χ1v) is 6.75. The van der Waals surface area contributed by atoms with Crippen LogP contribution >= 0.6 is 0 Å². The van der Waals surface area contributed by atoms with Crippen LogP contribution < -0.4 is 5.73 Å². The number of likely N-dealkylation sites (tertiary alicyclic amines) is 1. The molecule has 1 aliphatic heterocycles. The van der Waals surface area contributed by atoms with E-state index in [2.05, 4.69) is 34.6 Å². The number of nitrogens with zero attached hydrogens (tertiary/aromatic N) is 1. The monoisotopic (exact) mass is 240 g/mol. The van der Waals surface area contributed by atoms with Gasteiger partial charge < -0.3 is 10.6 Å². The minimum absolute atomic E-state index is 0.00678. The van der Waals surface area contributed by atoms with E-state index in [0.29, 0.717) is 18.3 Å². The Kier molecular flexibility index (Phi) is 4.59. The molecule has 0 aromatic heterocycles. The Bertz CT molecular complexity index is 268. The van der Waals surface area contributed by atoms with Gasteiger partial charge in [-0.15, -0.1) is 0 Å². The van der Waals surface area contributed by atoms with Crippen molar-refractivity contribution in [1.82, 2.24) is 4.90 Å². The van der Waals surface area contributed by atoms with Crippen LogP contribution in [0.2, 0.25) is 0 Å². The topological polar surface area (TPSA) is 46.3 Å². The first kappa shape index (κ1) is 14.5. The molecule has 3 heteroatoms. The molecule has 1 heterocycles. The highest BCUT2D eigenvalue weighted by Crippen LogP contribution is 2.26. The van der Waals surface area contributed by atoms with Crippen molar-refractivity contribution in [3.8, 4) is 0 Å². The fourth-order valence-electron chi connectivity index (χ4n) is 2.18. The van der Waals surface area contributed by atoms with Crippen LogP contribution in [0.1, 0.15) is 47.5 Å². The Balaban J connectivity index is 2.45. The standard InChI is InChI=1S/C14H28N2O/c1-10(2)11-6-7-16(9-11)13(17)8-12(15)14(3,4)5/h10-12H,6-9,15H2,1-5H3. The van der Waals surface area contributed by atoms with Crippen LogP contribution in [0.3, 0.4) is 0 Å². The summed E-state index contributed by atoms with van der Waals surface area (Å²) >= 11 is 0. The maximum Gasteiger partial charge on any atom is 0.224 e. The van der Waals surface area contributed by atoms with Crippen molar-refractivity contribution in [3.05, 3.63) is 0 Å². The molecule has 2 N–H and O–H groups in total. The predicted molar refractivity (Wildman–Crippen MR) is 71.6 cm³/mol. The maximum absolute atomic E-state index is 12.1. The van der Waals surface area contributed by atoms with Crippen LogP contribution in [-0.2, 0) is 4.79 Å². The van der Waals surface area contributed by atoms with Gasteiger partial charge in [-0.2, -0.15) is 0 Å². The molecule has 100 valence electrons. The van der Waals surface area contributed by atoms with Gasteiger partial charge in [0.05, 0.1) is 0 Å². The largest absolute Gasteiger partial charge is 0.342 e. The number of carbonyl (C=O) groups is 1. The van der Waals surface area contributed by atoms with E-state index in [1.807, 2.05) is 4.90 Å². The SMILES string of the molecule is CC(C)C1CCN(C(=O)CC(N)C(C)(C)C)C1. The number of hydrogen-bond acceptors (Lipinski definition) is 2. The van der Waals surface area contributed by atoms with Crippen molar-refractivity contribution >= 4 is 5.91 Å². The molecule has 3 nitrogen and oxygen atoms in total. The lowest BCUT2D eigenvalue weighted by atomic mass is 9.85. The molecule has 2 unspecified atom stereocenters. The first-order valence-electron chi connectivity index (χ1n) is 6.75. The third-order valence-corrected chi connectivity index (χ3v) is 4.03. The number of rotatable bonds is 3. The van der Waals surface area contributed by atoms with E-state index >= 15 is 0 Å². The van der Waals surface area contributed by atoms with Crippen LogP contribution in [0.4, 0.5) is 0 Å². The van der Waals surface area contributed by atoms with Gasteiger partial charge in [-0.3, -0.25) is 4.79 Å². The summed E-state index contributed by atoms with van der Waals surface area (Å²) in [7, 11) is 0. The van der Waals surface area contributed by atoms with Gasteiger partial charge in [0.15, 0.2) is 0 Å². The van der Waals surface area contributed by atoms with Gasteiger partial charge in [-0.05, 0) is 23.7 Å². The molecule has 1 saturated heterocycles. The molecule has 0 bridgehead atoms. The number of nitrogens with two attached hydrogens (primary N) is 1. The third kappa shape index (κ3) is 3.98. The third-order valence-electron chi connectivity index (χ3n) is 4.03. The lowest BCUT2D eigenvalue weighted by Crippen LogP contribution is -2.41. The smallest absolute Gasteiger partial charge is 0.224 e. The Morgan fingerprint density at radius 1 is 1.41 bits per heavy atom. The van der Waals surface area contributed by atoms with Gasteiger partial charge in [0.25, 0.3) is 0 Å². The molecule has 0 saturated carbocycles. The molecular formula is C14H28N2O. The highest BCUT2D eigenvalue weighted by atomic mass is 16.2. The fraction of sp³-hybridized carbons (Fsp3) is 0.929. The van der Waals surface area contributed by atoms with Crippen molar-refractivity contribution < 1.29 is 4.79 Å². The van der Waals surface area contributed by atoms with Gasteiger partial charge in [0.1, 0.15) is 0 Å². The van der Waals surface area contributed by atoms with Crippen LogP contribution in [0.5, 0.6) is 0 Å². The molecule has 0 aliphatic carbocycles. The number of amides is 1. The summed E-state index contributed by atoms with van der Waals surface area (Å²) in [6, 6.07) is -0.0481. The molecule has 1 rings (SSSR count). The van der Waals surface area contributed by atoms with Gasteiger partial charge >= 0.3 is 0 Å². The van der Waals surface area contributed by atoms with Crippen LogP contribution in [0.25, 0.3) is 0 Å². The molecule has 1 fully saturated rings. The lowest BCUT2D eigenvalue weighted by molar-refractivity contribution is -0.131. The maximum atomic E-state index is 12.1. The highest BCUT2D eigenvalue weighted by Gasteiger charge is 2.30. The summed E-state index contributed by atoms with van der Waals surface area (Å²) in [5.41, 5.74) is 6.07. The van der Waals surface area contributed by atoms with Crippen molar-refractivity contribution in [1.29, 1.82) is 0 Å². The quantitative estimate of drug-likeness (QED) is 0.822. The zero-order chi connectivity index (χ0) is 13.2. The van der Waals surface area contributed by atoms with Gasteiger partial charge in [0.2, 0.25) is 5.91 Å². The second kappa shape index (κ2) is 5.38. The highest BCUT2D eigenvalue weighted by molar-refractivity contribution is 5.77. The van der Waals surface area contributed by atoms with E-state index < -0.39 is 0 Å². The fourth-order valence-corrected chi connectivity index (χ4v) is 2.18. The summed E-state index contributed by atoms with van der Waals surface area (Å²) in [6.45, 7) is 12.6. The van der Waals surface area contributed by atoms with Crippen molar-refractivity contribution in [2.24, 2.45) is 23.0 Å². The average molecular weight is 240 g/mol. The minimum atomic E-state index is -0.0481. The van der Waals surface area contributed by atoms with E-state index in [4.69, 9.17) is 5.73 Å². The van der Waals surface area contributed by atoms with Crippen LogP contribution in [0, 0.1) is 17.3 Å². The molecule has 1 aliphatic rings. The molecule has 1 amide bonds. The van der Waals surface area contributed by atoms with E-state index in [9.17, 15) is 4.79 Å². The summed E-state index contributed by atoms with van der Waals surface area (Å²) in [6.07, 6.45) is 1.63. The molecule has 0 aromatic rings. The Hall–Kier alpha value is -0.570. The second-order valence-electron chi connectivity index (χ2n) is 6.81. The number of hydrogen-bond donors (Lipinski definition) is 1. The van der Waals surface area contributed by atoms with Crippen LogP contribution in [-0.4, -0.2) is 29.9 Å². The summed E-state index contributed by atoms with van der Waals surface area (Å²) < 4.78 is 0. The van der Waals surface area contributed by atoms with E-state index in [-0.39, 0.29) is 17.4 Å². The van der Waals surface area contributed by atoms with Gasteiger partial charge in [-0.25, -0.2) is 0 Å². The predicted octanol–water partition coefficient (Wildman–Crippen LogP) is 2.25. The lowest BCUT2D eigenvalue weighted by Gasteiger charge is -2.28. The molecule has 0 spiro atoms. The van der Waals surface area contributed by atoms with Crippen LogP contribution in [0.15, 0.2) is 0 Å². The summed E-state index contributed by atoms with van der Waals surface area (Å²) in [5, 5.41) is 0. The Morgan fingerprint density at radius 3 is 2.41 bits per heavy atom.